The molecule has 0 spiro atoms. The van der Waals surface area contributed by atoms with E-state index in [0.29, 0.717) is 27.2 Å². The van der Waals surface area contributed by atoms with E-state index in [0.717, 1.165) is 0 Å². The zero-order valence-corrected chi connectivity index (χ0v) is 11.1. The summed E-state index contributed by atoms with van der Waals surface area (Å²) >= 11 is 3.26. The largest absolute Gasteiger partial charge is 0.337 e. The van der Waals surface area contributed by atoms with E-state index in [1.54, 1.807) is 31.2 Å². The maximum absolute atomic E-state index is 13.6. The first kappa shape index (κ1) is 12.5. The number of hydrogen-bond donors (Lipinski definition) is 1. The predicted octanol–water partition coefficient (Wildman–Crippen LogP) is 3.91. The van der Waals surface area contributed by atoms with Crippen molar-refractivity contribution in [2.45, 2.75) is 6.92 Å². The molecule has 0 aliphatic rings. The highest BCUT2D eigenvalue weighted by Crippen LogP contribution is 2.28. The van der Waals surface area contributed by atoms with Crippen LogP contribution in [0.4, 0.5) is 15.9 Å². The first-order valence-electron chi connectivity index (χ1n) is 5.20. The molecule has 1 heterocycles. The Morgan fingerprint density at radius 2 is 2.17 bits per heavy atom. The summed E-state index contributed by atoms with van der Waals surface area (Å²) in [5.41, 5.74) is 1.49. The first-order chi connectivity index (χ1) is 8.60. The fraction of sp³-hybridized carbons (Fsp3) is 0.0769. The molecular weight excluding hydrogens is 297 g/mol. The van der Waals surface area contributed by atoms with Crippen LogP contribution in [0, 0.1) is 24.1 Å². The molecule has 0 atom stereocenters. The summed E-state index contributed by atoms with van der Waals surface area (Å²) in [4.78, 5) is 4.21. The van der Waals surface area contributed by atoms with Crippen LogP contribution in [0.3, 0.4) is 0 Å². The Labute approximate surface area is 112 Å². The lowest BCUT2D eigenvalue weighted by Gasteiger charge is -2.09. The maximum Gasteiger partial charge on any atom is 0.147 e. The minimum Gasteiger partial charge on any atom is -0.337 e. The lowest BCUT2D eigenvalue weighted by atomic mass is 10.2. The topological polar surface area (TPSA) is 48.7 Å². The second kappa shape index (κ2) is 5.15. The van der Waals surface area contributed by atoms with Gasteiger partial charge in [-0.2, -0.15) is 5.26 Å². The summed E-state index contributed by atoms with van der Waals surface area (Å²) in [7, 11) is 0. The van der Waals surface area contributed by atoms with Gasteiger partial charge in [-0.1, -0.05) is 6.07 Å². The molecule has 2 rings (SSSR count). The fourth-order valence-corrected chi connectivity index (χ4v) is 1.98. The summed E-state index contributed by atoms with van der Waals surface area (Å²) < 4.78 is 14.2. The van der Waals surface area contributed by atoms with Gasteiger partial charge in [-0.05, 0) is 47.1 Å². The van der Waals surface area contributed by atoms with Gasteiger partial charge in [0.2, 0.25) is 0 Å². The molecule has 0 fully saturated rings. The van der Waals surface area contributed by atoms with Crippen LogP contribution in [0.25, 0.3) is 0 Å². The van der Waals surface area contributed by atoms with Gasteiger partial charge in [0.05, 0.1) is 17.3 Å². The monoisotopic (exact) mass is 305 g/mol. The van der Waals surface area contributed by atoms with Crippen LogP contribution in [0.1, 0.15) is 11.3 Å². The van der Waals surface area contributed by atoms with Crippen LogP contribution in [0.5, 0.6) is 0 Å². The number of rotatable bonds is 2. The van der Waals surface area contributed by atoms with Crippen molar-refractivity contribution in [3.8, 4) is 6.07 Å². The number of para-hydroxylation sites is 1. The van der Waals surface area contributed by atoms with Gasteiger partial charge >= 0.3 is 0 Å². The quantitative estimate of drug-likeness (QED) is 0.915. The molecule has 0 aliphatic heterocycles. The average molecular weight is 306 g/mol. The zero-order valence-electron chi connectivity index (χ0n) is 9.54. The van der Waals surface area contributed by atoms with Gasteiger partial charge in [0.1, 0.15) is 11.6 Å². The van der Waals surface area contributed by atoms with E-state index >= 15 is 0 Å². The third-order valence-electron chi connectivity index (χ3n) is 2.30. The van der Waals surface area contributed by atoms with Crippen molar-refractivity contribution in [2.75, 3.05) is 5.32 Å². The standard InChI is InChI=1S/C13H9BrFN3/c1-8-5-9(7-16)6-12(17-8)18-13-10(14)3-2-4-11(13)15/h2-6H,1H3,(H,17,18). The normalized spacial score (nSPS) is 9.89. The molecule has 0 saturated carbocycles. The number of halogens is 2. The van der Waals surface area contributed by atoms with E-state index in [2.05, 4.69) is 26.2 Å². The van der Waals surface area contributed by atoms with Crippen LogP contribution >= 0.6 is 15.9 Å². The molecule has 18 heavy (non-hydrogen) atoms. The van der Waals surface area contributed by atoms with Crippen molar-refractivity contribution in [3.63, 3.8) is 0 Å². The van der Waals surface area contributed by atoms with Crippen molar-refractivity contribution in [1.29, 1.82) is 5.26 Å². The maximum atomic E-state index is 13.6. The molecule has 0 saturated heterocycles. The summed E-state index contributed by atoms with van der Waals surface area (Å²) in [5.74, 6) is 0.0588. The third-order valence-corrected chi connectivity index (χ3v) is 2.96. The Morgan fingerprint density at radius 3 is 2.83 bits per heavy atom. The SMILES string of the molecule is Cc1cc(C#N)cc(Nc2c(F)cccc2Br)n1. The summed E-state index contributed by atoms with van der Waals surface area (Å²) in [6.07, 6.45) is 0. The number of aromatic nitrogens is 1. The van der Waals surface area contributed by atoms with Gasteiger partial charge in [0.25, 0.3) is 0 Å². The lowest BCUT2D eigenvalue weighted by molar-refractivity contribution is 0.631. The Morgan fingerprint density at radius 1 is 1.39 bits per heavy atom. The van der Waals surface area contributed by atoms with Gasteiger partial charge < -0.3 is 5.32 Å². The minimum atomic E-state index is -0.383. The van der Waals surface area contributed by atoms with E-state index in [1.165, 1.54) is 6.07 Å². The van der Waals surface area contributed by atoms with Gasteiger partial charge in [0, 0.05) is 10.2 Å². The van der Waals surface area contributed by atoms with E-state index in [9.17, 15) is 4.39 Å². The second-order valence-electron chi connectivity index (χ2n) is 3.72. The van der Waals surface area contributed by atoms with Crippen molar-refractivity contribution in [2.24, 2.45) is 0 Å². The third kappa shape index (κ3) is 2.66. The van der Waals surface area contributed by atoms with Crippen molar-refractivity contribution < 1.29 is 4.39 Å². The molecule has 5 heteroatoms. The molecule has 0 aliphatic carbocycles. The van der Waals surface area contributed by atoms with E-state index < -0.39 is 0 Å². The first-order valence-corrected chi connectivity index (χ1v) is 5.99. The highest BCUT2D eigenvalue weighted by atomic mass is 79.9. The van der Waals surface area contributed by atoms with Crippen molar-refractivity contribution in [3.05, 3.63) is 51.9 Å². The minimum absolute atomic E-state index is 0.305. The Bertz CT molecular complexity index is 614. The predicted molar refractivity (Wildman–Crippen MR) is 71.1 cm³/mol. The van der Waals surface area contributed by atoms with E-state index in [-0.39, 0.29) is 5.82 Å². The molecule has 0 radical (unpaired) electrons. The number of nitrogens with zero attached hydrogens (tertiary/aromatic N) is 2. The van der Waals surface area contributed by atoms with E-state index in [1.807, 2.05) is 6.07 Å². The van der Waals surface area contributed by atoms with Crippen molar-refractivity contribution >= 4 is 27.4 Å². The van der Waals surface area contributed by atoms with Gasteiger partial charge in [-0.3, -0.25) is 0 Å². The van der Waals surface area contributed by atoms with Crippen LogP contribution < -0.4 is 5.32 Å². The van der Waals surface area contributed by atoms with Crippen LogP contribution in [0.2, 0.25) is 0 Å². The highest BCUT2D eigenvalue weighted by Gasteiger charge is 2.08. The van der Waals surface area contributed by atoms with E-state index in [4.69, 9.17) is 5.26 Å². The second-order valence-corrected chi connectivity index (χ2v) is 4.57. The molecule has 2 aromatic rings. The molecule has 1 aromatic carbocycles. The molecule has 90 valence electrons. The highest BCUT2D eigenvalue weighted by molar-refractivity contribution is 9.10. The molecule has 0 unspecified atom stereocenters. The van der Waals surface area contributed by atoms with Crippen LogP contribution in [-0.4, -0.2) is 4.98 Å². The summed E-state index contributed by atoms with van der Waals surface area (Å²) in [6, 6.07) is 9.97. The fourth-order valence-electron chi connectivity index (χ4n) is 1.54. The Balaban J connectivity index is 2.40. The molecule has 0 bridgehead atoms. The lowest BCUT2D eigenvalue weighted by Crippen LogP contribution is -1.99. The summed E-state index contributed by atoms with van der Waals surface area (Å²) in [5, 5.41) is 11.7. The molecule has 1 N–H and O–H groups in total. The molecule has 1 aromatic heterocycles. The number of nitriles is 1. The number of nitrogens with one attached hydrogen (secondary N) is 1. The number of hydrogen-bond acceptors (Lipinski definition) is 3. The van der Waals surface area contributed by atoms with Crippen molar-refractivity contribution in [1.82, 2.24) is 4.98 Å². The molecule has 0 amide bonds. The smallest absolute Gasteiger partial charge is 0.147 e. The zero-order chi connectivity index (χ0) is 13.1. The van der Waals surface area contributed by atoms with Crippen LogP contribution in [0.15, 0.2) is 34.8 Å². The van der Waals surface area contributed by atoms with Crippen LogP contribution in [-0.2, 0) is 0 Å². The van der Waals surface area contributed by atoms with Gasteiger partial charge in [0.15, 0.2) is 0 Å². The number of pyridine rings is 1. The summed E-state index contributed by atoms with van der Waals surface area (Å²) in [6.45, 7) is 1.78. The average Bonchev–Trinajstić information content (AvgIpc) is 2.33. The Hall–Kier alpha value is -1.93. The number of anilines is 2. The number of benzene rings is 1. The van der Waals surface area contributed by atoms with Gasteiger partial charge in [-0.15, -0.1) is 0 Å². The molecule has 3 nitrogen and oxygen atoms in total. The molecular formula is C13H9BrFN3. The van der Waals surface area contributed by atoms with Gasteiger partial charge in [-0.25, -0.2) is 9.37 Å². The number of aryl methyl sites for hydroxylation is 1. The Kier molecular flexibility index (Phi) is 3.58.